The Morgan fingerprint density at radius 3 is 2.48 bits per heavy atom. The van der Waals surface area contributed by atoms with E-state index in [0.29, 0.717) is 18.7 Å². The van der Waals surface area contributed by atoms with Gasteiger partial charge in [-0.05, 0) is 41.5 Å². The number of para-hydroxylation sites is 2. The van der Waals surface area contributed by atoms with Gasteiger partial charge in [-0.25, -0.2) is 4.79 Å². The lowest BCUT2D eigenvalue weighted by atomic mass is 9.91. The number of hydrogen-bond acceptors (Lipinski definition) is 4. The summed E-state index contributed by atoms with van der Waals surface area (Å²) < 4.78 is 6.75. The third kappa shape index (κ3) is 5.25. The van der Waals surface area contributed by atoms with Gasteiger partial charge in [0, 0.05) is 39.1 Å². The van der Waals surface area contributed by atoms with Crippen LogP contribution >= 0.6 is 0 Å². The summed E-state index contributed by atoms with van der Waals surface area (Å²) in [6.07, 6.45) is 1.52. The van der Waals surface area contributed by atoms with Gasteiger partial charge in [0.15, 0.2) is 5.58 Å². The van der Waals surface area contributed by atoms with Crippen LogP contribution in [0.3, 0.4) is 0 Å². The molecule has 164 valence electrons. The molecule has 4 rings (SSSR count). The third-order valence-corrected chi connectivity index (χ3v) is 6.07. The second-order valence-corrected chi connectivity index (χ2v) is 8.92. The van der Waals surface area contributed by atoms with Crippen molar-refractivity contribution in [2.45, 2.75) is 46.3 Å². The van der Waals surface area contributed by atoms with Crippen LogP contribution in [0.15, 0.2) is 57.7 Å². The van der Waals surface area contributed by atoms with Gasteiger partial charge in [-0.2, -0.15) is 0 Å². The minimum Gasteiger partial charge on any atom is -0.408 e. The fraction of sp³-hybridized carbons (Fsp3) is 0.440. The SMILES string of the molecule is CC1CC(C)CN(Cc2ccccc2CNC(=O)CCn2c(=O)oc3ccccc32)C1. The molecule has 2 heterocycles. The molecular formula is C25H31N3O3. The van der Waals surface area contributed by atoms with Crippen LogP contribution in [0.4, 0.5) is 0 Å². The van der Waals surface area contributed by atoms with Gasteiger partial charge in [0.25, 0.3) is 0 Å². The highest BCUT2D eigenvalue weighted by molar-refractivity contribution is 5.76. The Morgan fingerprint density at radius 2 is 1.71 bits per heavy atom. The van der Waals surface area contributed by atoms with E-state index >= 15 is 0 Å². The van der Waals surface area contributed by atoms with Crippen molar-refractivity contribution in [1.29, 1.82) is 0 Å². The number of nitrogens with one attached hydrogen (secondary N) is 1. The van der Waals surface area contributed by atoms with Gasteiger partial charge in [0.05, 0.1) is 5.52 Å². The van der Waals surface area contributed by atoms with E-state index in [4.69, 9.17) is 4.42 Å². The summed E-state index contributed by atoms with van der Waals surface area (Å²) in [6, 6.07) is 15.6. The van der Waals surface area contributed by atoms with Gasteiger partial charge < -0.3 is 9.73 Å². The van der Waals surface area contributed by atoms with Crippen LogP contribution in [0.25, 0.3) is 11.1 Å². The average Bonchev–Trinajstić information content (AvgIpc) is 3.06. The summed E-state index contributed by atoms with van der Waals surface area (Å²) in [4.78, 5) is 27.1. The lowest BCUT2D eigenvalue weighted by molar-refractivity contribution is -0.121. The molecule has 6 nitrogen and oxygen atoms in total. The zero-order chi connectivity index (χ0) is 21.8. The molecule has 0 bridgehead atoms. The fourth-order valence-electron chi connectivity index (χ4n) is 4.77. The molecule has 1 N–H and O–H groups in total. The lowest BCUT2D eigenvalue weighted by Crippen LogP contribution is -2.38. The number of oxazole rings is 1. The van der Waals surface area contributed by atoms with E-state index in [1.54, 1.807) is 6.07 Å². The Balaban J connectivity index is 1.34. The highest BCUT2D eigenvalue weighted by atomic mass is 16.4. The van der Waals surface area contributed by atoms with Gasteiger partial charge in [-0.15, -0.1) is 0 Å². The van der Waals surface area contributed by atoms with Crippen LogP contribution in [-0.2, 0) is 24.4 Å². The summed E-state index contributed by atoms with van der Waals surface area (Å²) in [5.74, 6) is 0.938. The van der Waals surface area contributed by atoms with Crippen LogP contribution in [0, 0.1) is 11.8 Å². The van der Waals surface area contributed by atoms with Crippen molar-refractivity contribution in [3.63, 3.8) is 0 Å². The largest absolute Gasteiger partial charge is 0.419 e. The van der Waals surface area contributed by atoms with E-state index in [9.17, 15) is 9.59 Å². The number of benzene rings is 2. The summed E-state index contributed by atoms with van der Waals surface area (Å²) in [7, 11) is 0. The number of carbonyl (C=O) groups is 1. The normalized spacial score (nSPS) is 19.5. The molecule has 3 aromatic rings. The van der Waals surface area contributed by atoms with Crippen molar-refractivity contribution in [2.75, 3.05) is 13.1 Å². The van der Waals surface area contributed by atoms with E-state index < -0.39 is 5.76 Å². The first-order valence-electron chi connectivity index (χ1n) is 11.1. The number of aromatic nitrogens is 1. The molecule has 1 saturated heterocycles. The van der Waals surface area contributed by atoms with Gasteiger partial charge in [0.2, 0.25) is 5.91 Å². The Morgan fingerprint density at radius 1 is 1.03 bits per heavy atom. The van der Waals surface area contributed by atoms with E-state index in [1.807, 2.05) is 24.3 Å². The van der Waals surface area contributed by atoms with Crippen LogP contribution in [0.5, 0.6) is 0 Å². The van der Waals surface area contributed by atoms with Crippen molar-refractivity contribution >= 4 is 17.0 Å². The van der Waals surface area contributed by atoms with Crippen molar-refractivity contribution in [1.82, 2.24) is 14.8 Å². The van der Waals surface area contributed by atoms with Crippen molar-refractivity contribution < 1.29 is 9.21 Å². The predicted molar refractivity (Wildman–Crippen MR) is 122 cm³/mol. The van der Waals surface area contributed by atoms with Crippen LogP contribution in [0.2, 0.25) is 0 Å². The van der Waals surface area contributed by atoms with E-state index in [2.05, 4.69) is 42.3 Å². The Kier molecular flexibility index (Phi) is 6.56. The number of fused-ring (bicyclic) bond motifs is 1. The third-order valence-electron chi connectivity index (χ3n) is 6.07. The van der Waals surface area contributed by atoms with E-state index in [0.717, 1.165) is 42.6 Å². The van der Waals surface area contributed by atoms with Crippen molar-refractivity contribution in [3.05, 3.63) is 70.2 Å². The average molecular weight is 422 g/mol. The summed E-state index contributed by atoms with van der Waals surface area (Å²) in [6.45, 7) is 8.60. The van der Waals surface area contributed by atoms with Gasteiger partial charge in [0.1, 0.15) is 0 Å². The molecular weight excluding hydrogens is 390 g/mol. The highest BCUT2D eigenvalue weighted by Gasteiger charge is 2.22. The first-order chi connectivity index (χ1) is 15.0. The Bertz CT molecular complexity index is 1090. The molecule has 2 unspecified atom stereocenters. The summed E-state index contributed by atoms with van der Waals surface area (Å²) in [5, 5.41) is 3.02. The molecule has 1 aliphatic rings. The number of rotatable bonds is 7. The van der Waals surface area contributed by atoms with Gasteiger partial charge >= 0.3 is 5.76 Å². The maximum Gasteiger partial charge on any atom is 0.419 e. The maximum absolute atomic E-state index is 12.5. The molecule has 2 aromatic carbocycles. The molecule has 1 amide bonds. The first kappa shape index (κ1) is 21.4. The number of carbonyl (C=O) groups excluding carboxylic acids is 1. The second-order valence-electron chi connectivity index (χ2n) is 8.92. The van der Waals surface area contributed by atoms with E-state index in [1.165, 1.54) is 16.6 Å². The molecule has 6 heteroatoms. The van der Waals surface area contributed by atoms with Crippen molar-refractivity contribution in [3.8, 4) is 0 Å². The molecule has 1 aromatic heterocycles. The smallest absolute Gasteiger partial charge is 0.408 e. The lowest BCUT2D eigenvalue weighted by Gasteiger charge is -2.35. The quantitative estimate of drug-likeness (QED) is 0.630. The van der Waals surface area contributed by atoms with Crippen LogP contribution < -0.4 is 11.1 Å². The summed E-state index contributed by atoms with van der Waals surface area (Å²) in [5.41, 5.74) is 3.67. The molecule has 0 aliphatic carbocycles. The number of aryl methyl sites for hydroxylation is 1. The predicted octanol–water partition coefficient (Wildman–Crippen LogP) is 3.78. The second kappa shape index (κ2) is 9.52. The Hall–Kier alpha value is -2.86. The van der Waals surface area contributed by atoms with E-state index in [-0.39, 0.29) is 12.3 Å². The zero-order valence-corrected chi connectivity index (χ0v) is 18.3. The summed E-state index contributed by atoms with van der Waals surface area (Å²) >= 11 is 0. The number of amides is 1. The van der Waals surface area contributed by atoms with Crippen molar-refractivity contribution in [2.24, 2.45) is 11.8 Å². The molecule has 1 aliphatic heterocycles. The van der Waals surface area contributed by atoms with Crippen LogP contribution in [0.1, 0.15) is 37.8 Å². The molecule has 2 atom stereocenters. The first-order valence-corrected chi connectivity index (χ1v) is 11.1. The Labute approximate surface area is 182 Å². The molecule has 0 radical (unpaired) electrons. The molecule has 0 spiro atoms. The topological polar surface area (TPSA) is 67.5 Å². The fourth-order valence-corrected chi connectivity index (χ4v) is 4.77. The van der Waals surface area contributed by atoms with Gasteiger partial charge in [-0.1, -0.05) is 50.2 Å². The standard InChI is InChI=1S/C25H31N3O3/c1-18-13-19(2)16-27(15-18)17-21-8-4-3-7-20(21)14-26-24(29)11-12-28-22-9-5-6-10-23(22)31-25(28)30/h3-10,18-19H,11-17H2,1-2H3,(H,26,29). The minimum atomic E-state index is -0.427. The van der Waals surface area contributed by atoms with Crippen LogP contribution in [-0.4, -0.2) is 28.5 Å². The number of piperidine rings is 1. The maximum atomic E-state index is 12.5. The molecule has 1 fully saturated rings. The monoisotopic (exact) mass is 421 g/mol. The minimum absolute atomic E-state index is 0.0767. The highest BCUT2D eigenvalue weighted by Crippen LogP contribution is 2.23. The number of likely N-dealkylation sites (tertiary alicyclic amines) is 1. The molecule has 0 saturated carbocycles. The molecule has 31 heavy (non-hydrogen) atoms. The zero-order valence-electron chi connectivity index (χ0n) is 18.3. The number of hydrogen-bond donors (Lipinski definition) is 1. The van der Waals surface area contributed by atoms with Gasteiger partial charge in [-0.3, -0.25) is 14.3 Å². The number of nitrogens with zero attached hydrogens (tertiary/aromatic N) is 2.